The second-order valence-electron chi connectivity index (χ2n) is 7.31. The van der Waals surface area contributed by atoms with Gasteiger partial charge in [-0.1, -0.05) is 30.3 Å². The van der Waals surface area contributed by atoms with E-state index < -0.39 is 0 Å². The fourth-order valence-electron chi connectivity index (χ4n) is 3.70. The van der Waals surface area contributed by atoms with E-state index in [2.05, 4.69) is 32.4 Å². The van der Waals surface area contributed by atoms with E-state index in [9.17, 15) is 4.39 Å². The van der Waals surface area contributed by atoms with Gasteiger partial charge in [0.25, 0.3) is 0 Å². The van der Waals surface area contributed by atoms with Gasteiger partial charge in [0.15, 0.2) is 5.82 Å². The second-order valence-corrected chi connectivity index (χ2v) is 7.31. The van der Waals surface area contributed by atoms with Crippen LogP contribution in [0.3, 0.4) is 0 Å². The lowest BCUT2D eigenvalue weighted by Gasteiger charge is -2.37. The molecule has 4 rings (SSSR count). The van der Waals surface area contributed by atoms with Crippen LogP contribution in [0.4, 0.5) is 4.39 Å². The van der Waals surface area contributed by atoms with Crippen molar-refractivity contribution in [3.63, 3.8) is 0 Å². The van der Waals surface area contributed by atoms with E-state index in [0.717, 1.165) is 37.5 Å². The van der Waals surface area contributed by atoms with Crippen LogP contribution in [-0.2, 0) is 6.54 Å². The molecular weight excluding hydrogens is 371 g/mol. The zero-order valence-corrected chi connectivity index (χ0v) is 16.7. The van der Waals surface area contributed by atoms with Crippen molar-refractivity contribution < 1.29 is 9.13 Å². The van der Waals surface area contributed by atoms with Crippen molar-refractivity contribution in [1.82, 2.24) is 30.0 Å². The van der Waals surface area contributed by atoms with Gasteiger partial charge in [-0.3, -0.25) is 4.90 Å². The summed E-state index contributed by atoms with van der Waals surface area (Å²) in [6.45, 7) is 4.00. The fourth-order valence-corrected chi connectivity index (χ4v) is 3.70. The molecule has 0 N–H and O–H groups in total. The third-order valence-corrected chi connectivity index (χ3v) is 5.40. The first-order valence-electron chi connectivity index (χ1n) is 9.71. The number of methoxy groups -OCH3 is 1. The highest BCUT2D eigenvalue weighted by molar-refractivity contribution is 5.29. The van der Waals surface area contributed by atoms with Gasteiger partial charge in [0.2, 0.25) is 0 Å². The summed E-state index contributed by atoms with van der Waals surface area (Å²) in [4.78, 5) is 4.53. The number of hydrogen-bond donors (Lipinski definition) is 0. The Hall–Kier alpha value is -2.84. The molecular formula is C21H25FN6O. The van der Waals surface area contributed by atoms with E-state index in [0.29, 0.717) is 17.9 Å². The minimum absolute atomic E-state index is 0.240. The Morgan fingerprint density at radius 3 is 2.45 bits per heavy atom. The summed E-state index contributed by atoms with van der Waals surface area (Å²) in [5, 5.41) is 12.4. The van der Waals surface area contributed by atoms with Crippen LogP contribution in [0.1, 0.15) is 23.0 Å². The normalized spacial score (nSPS) is 16.7. The summed E-state index contributed by atoms with van der Waals surface area (Å²) in [7, 11) is 3.74. The first-order chi connectivity index (χ1) is 14.2. The third-order valence-electron chi connectivity index (χ3n) is 5.40. The molecule has 7 nitrogen and oxygen atoms in total. The minimum atomic E-state index is -0.335. The van der Waals surface area contributed by atoms with Gasteiger partial charge in [-0.2, -0.15) is 0 Å². The van der Waals surface area contributed by atoms with Gasteiger partial charge in [-0.15, -0.1) is 5.10 Å². The Morgan fingerprint density at radius 1 is 1.03 bits per heavy atom. The number of rotatable bonds is 6. The monoisotopic (exact) mass is 396 g/mol. The molecule has 0 unspecified atom stereocenters. The maximum atomic E-state index is 14.8. The summed E-state index contributed by atoms with van der Waals surface area (Å²) in [5.74, 6) is 1.21. The highest BCUT2D eigenvalue weighted by Gasteiger charge is 2.31. The van der Waals surface area contributed by atoms with Crippen LogP contribution in [0, 0.1) is 5.82 Å². The van der Waals surface area contributed by atoms with Gasteiger partial charge >= 0.3 is 0 Å². The second kappa shape index (κ2) is 8.67. The number of halogens is 1. The van der Waals surface area contributed by atoms with Gasteiger partial charge in [0.05, 0.1) is 13.7 Å². The smallest absolute Gasteiger partial charge is 0.173 e. The summed E-state index contributed by atoms with van der Waals surface area (Å²) in [6, 6.07) is 14.3. The molecule has 1 aliphatic heterocycles. The zero-order chi connectivity index (χ0) is 20.2. The summed E-state index contributed by atoms with van der Waals surface area (Å²) < 4.78 is 21.8. The molecule has 2 heterocycles. The molecule has 1 atom stereocenters. The van der Waals surface area contributed by atoms with Gasteiger partial charge in [0.1, 0.15) is 17.6 Å². The van der Waals surface area contributed by atoms with Gasteiger partial charge < -0.3 is 9.64 Å². The van der Waals surface area contributed by atoms with E-state index in [1.54, 1.807) is 17.9 Å². The minimum Gasteiger partial charge on any atom is -0.497 e. The number of aromatic nitrogens is 4. The van der Waals surface area contributed by atoms with Crippen molar-refractivity contribution in [1.29, 1.82) is 0 Å². The van der Waals surface area contributed by atoms with E-state index >= 15 is 0 Å². The number of tetrazole rings is 1. The molecule has 1 fully saturated rings. The van der Waals surface area contributed by atoms with Gasteiger partial charge in [-0.05, 0) is 41.2 Å². The van der Waals surface area contributed by atoms with Crippen molar-refractivity contribution in [3.8, 4) is 5.75 Å². The predicted molar refractivity (Wildman–Crippen MR) is 107 cm³/mol. The van der Waals surface area contributed by atoms with Crippen LogP contribution in [0.25, 0.3) is 0 Å². The van der Waals surface area contributed by atoms with Crippen molar-refractivity contribution in [2.45, 2.75) is 12.6 Å². The van der Waals surface area contributed by atoms with Crippen LogP contribution in [0.15, 0.2) is 48.5 Å². The summed E-state index contributed by atoms with van der Waals surface area (Å²) >= 11 is 0. The molecule has 1 aromatic heterocycles. The predicted octanol–water partition coefficient (Wildman–Crippen LogP) is 2.21. The largest absolute Gasteiger partial charge is 0.497 e. The van der Waals surface area contributed by atoms with Gasteiger partial charge in [0, 0.05) is 31.7 Å². The quantitative estimate of drug-likeness (QED) is 0.637. The molecule has 0 amide bonds. The van der Waals surface area contributed by atoms with Gasteiger partial charge in [-0.25, -0.2) is 9.07 Å². The molecule has 8 heteroatoms. The lowest BCUT2D eigenvalue weighted by Crippen LogP contribution is -2.47. The Balaban J connectivity index is 1.68. The molecule has 29 heavy (non-hydrogen) atoms. The Labute approximate surface area is 169 Å². The Morgan fingerprint density at radius 2 is 1.76 bits per heavy atom. The van der Waals surface area contributed by atoms with Crippen molar-refractivity contribution >= 4 is 0 Å². The average Bonchev–Trinajstić information content (AvgIpc) is 3.19. The van der Waals surface area contributed by atoms with Crippen LogP contribution in [0.5, 0.6) is 5.75 Å². The average molecular weight is 396 g/mol. The highest BCUT2D eigenvalue weighted by Crippen LogP contribution is 2.30. The number of piperazine rings is 1. The SMILES string of the molecule is COc1ccc(Cn2nnnc2[C@H](c2ccccc2F)N2CCN(C)CC2)cc1. The molecule has 2 aromatic carbocycles. The maximum absolute atomic E-state index is 14.8. The number of likely N-dealkylation sites (N-methyl/N-ethyl adjacent to an activating group) is 1. The number of nitrogens with zero attached hydrogens (tertiary/aromatic N) is 6. The van der Waals surface area contributed by atoms with Crippen molar-refractivity contribution in [2.24, 2.45) is 0 Å². The van der Waals surface area contributed by atoms with Crippen molar-refractivity contribution in [2.75, 3.05) is 40.3 Å². The number of hydrogen-bond acceptors (Lipinski definition) is 6. The third kappa shape index (κ3) is 4.28. The van der Waals surface area contributed by atoms with E-state index in [-0.39, 0.29) is 11.9 Å². The summed E-state index contributed by atoms with van der Waals surface area (Å²) in [5.41, 5.74) is 1.65. The maximum Gasteiger partial charge on any atom is 0.173 e. The zero-order valence-electron chi connectivity index (χ0n) is 16.7. The first-order valence-corrected chi connectivity index (χ1v) is 9.71. The number of benzene rings is 2. The molecule has 152 valence electrons. The number of ether oxygens (including phenoxy) is 1. The molecule has 3 aromatic rings. The molecule has 1 aliphatic rings. The van der Waals surface area contributed by atoms with Crippen LogP contribution in [0.2, 0.25) is 0 Å². The first kappa shape index (κ1) is 19.5. The topological polar surface area (TPSA) is 59.3 Å². The summed E-state index contributed by atoms with van der Waals surface area (Å²) in [6.07, 6.45) is 0. The molecule has 1 saturated heterocycles. The fraction of sp³-hybridized carbons (Fsp3) is 0.381. The van der Waals surface area contributed by atoms with E-state index in [4.69, 9.17) is 4.74 Å². The van der Waals surface area contributed by atoms with Crippen molar-refractivity contribution in [3.05, 3.63) is 71.3 Å². The van der Waals surface area contributed by atoms with Crippen LogP contribution < -0.4 is 4.74 Å². The van der Waals surface area contributed by atoms with E-state index in [1.807, 2.05) is 36.4 Å². The Kier molecular flexibility index (Phi) is 5.82. The molecule has 0 spiro atoms. The molecule has 0 bridgehead atoms. The Bertz CT molecular complexity index is 936. The standard InChI is InChI=1S/C21H25FN6O/c1-26-11-13-27(14-12-26)20(18-5-3-4-6-19(18)22)21-23-24-25-28(21)15-16-7-9-17(29-2)10-8-16/h3-10,20H,11-15H2,1-2H3/t20-/m0/s1. The highest BCUT2D eigenvalue weighted by atomic mass is 19.1. The lowest BCUT2D eigenvalue weighted by molar-refractivity contribution is 0.120. The molecule has 0 aliphatic carbocycles. The molecule has 0 saturated carbocycles. The van der Waals surface area contributed by atoms with Crippen LogP contribution in [-0.4, -0.2) is 70.3 Å². The molecule has 0 radical (unpaired) electrons. The van der Waals surface area contributed by atoms with E-state index in [1.165, 1.54) is 6.07 Å². The lowest BCUT2D eigenvalue weighted by atomic mass is 10.0. The van der Waals surface area contributed by atoms with Crippen LogP contribution >= 0.6 is 0 Å².